The van der Waals surface area contributed by atoms with E-state index >= 15 is 0 Å². The molecule has 0 atom stereocenters. The summed E-state index contributed by atoms with van der Waals surface area (Å²) in [5.74, 6) is 0.342. The molecule has 25 heavy (non-hydrogen) atoms. The molecule has 8 nitrogen and oxygen atoms in total. The Morgan fingerprint density at radius 1 is 1.20 bits per heavy atom. The molecule has 0 aliphatic rings. The van der Waals surface area contributed by atoms with Gasteiger partial charge in [-0.1, -0.05) is 36.4 Å². The smallest absolute Gasteiger partial charge is 0.273 e. The molecule has 1 N–H and O–H groups in total. The lowest BCUT2D eigenvalue weighted by Crippen LogP contribution is -2.20. The van der Waals surface area contributed by atoms with Crippen LogP contribution in [0.15, 0.2) is 54.6 Å². The molecular formula is C16H12N4O4S. The Bertz CT molecular complexity index is 898. The highest BCUT2D eigenvalue weighted by Gasteiger charge is 2.11. The lowest BCUT2D eigenvalue weighted by molar-refractivity contribution is -0.384. The number of carbonyl (C=O) groups excluding carboxylic acids is 1. The van der Waals surface area contributed by atoms with Gasteiger partial charge in [-0.05, 0) is 6.07 Å². The number of hydrogen-bond acceptors (Lipinski definition) is 7. The predicted molar refractivity (Wildman–Crippen MR) is 92.6 cm³/mol. The predicted octanol–water partition coefficient (Wildman–Crippen LogP) is 3.13. The van der Waals surface area contributed by atoms with E-state index in [0.29, 0.717) is 11.0 Å². The lowest BCUT2D eigenvalue weighted by atomic mass is 10.2. The fraction of sp³-hybridized carbons (Fsp3) is 0.0625. The number of ether oxygens (including phenoxy) is 1. The van der Waals surface area contributed by atoms with Crippen LogP contribution in [0.1, 0.15) is 0 Å². The fourth-order valence-corrected chi connectivity index (χ4v) is 2.58. The molecule has 2 aromatic carbocycles. The average molecular weight is 356 g/mol. The van der Waals surface area contributed by atoms with E-state index in [1.807, 2.05) is 30.3 Å². The van der Waals surface area contributed by atoms with Crippen molar-refractivity contribution in [2.45, 2.75) is 0 Å². The molecule has 1 amide bonds. The number of non-ortho nitro benzene ring substituents is 1. The van der Waals surface area contributed by atoms with Gasteiger partial charge in [0, 0.05) is 23.2 Å². The maximum atomic E-state index is 11.9. The first-order valence-electron chi connectivity index (χ1n) is 7.18. The summed E-state index contributed by atoms with van der Waals surface area (Å²) < 4.78 is 9.45. The van der Waals surface area contributed by atoms with Crippen molar-refractivity contribution in [3.05, 3.63) is 64.7 Å². The van der Waals surface area contributed by atoms with Gasteiger partial charge in [-0.25, -0.2) is 0 Å². The van der Waals surface area contributed by atoms with Crippen LogP contribution in [0.5, 0.6) is 5.75 Å². The van der Waals surface area contributed by atoms with Crippen molar-refractivity contribution in [2.75, 3.05) is 11.9 Å². The molecule has 0 spiro atoms. The largest absolute Gasteiger partial charge is 0.484 e. The SMILES string of the molecule is O=C(COc1cccc([N+](=O)[O-])c1)Nc1nc(-c2ccccc2)ns1. The topological polar surface area (TPSA) is 107 Å². The van der Waals surface area contributed by atoms with Gasteiger partial charge < -0.3 is 4.74 Å². The van der Waals surface area contributed by atoms with Crippen molar-refractivity contribution in [1.82, 2.24) is 9.36 Å². The van der Waals surface area contributed by atoms with Gasteiger partial charge in [0.2, 0.25) is 5.13 Å². The number of rotatable bonds is 6. The fourth-order valence-electron chi connectivity index (χ4n) is 1.97. The van der Waals surface area contributed by atoms with Crippen LogP contribution in [0.2, 0.25) is 0 Å². The van der Waals surface area contributed by atoms with Crippen molar-refractivity contribution < 1.29 is 14.5 Å². The number of nitro groups is 1. The number of benzene rings is 2. The molecule has 3 rings (SSSR count). The summed E-state index contributed by atoms with van der Waals surface area (Å²) in [7, 11) is 0. The van der Waals surface area contributed by atoms with Gasteiger partial charge in [0.15, 0.2) is 12.4 Å². The average Bonchev–Trinajstić information content (AvgIpc) is 3.09. The normalized spacial score (nSPS) is 10.2. The summed E-state index contributed by atoms with van der Waals surface area (Å²) in [5.41, 5.74) is 0.752. The van der Waals surface area contributed by atoms with Crippen molar-refractivity contribution in [3.63, 3.8) is 0 Å². The first kappa shape index (κ1) is 16.5. The summed E-state index contributed by atoms with van der Waals surface area (Å²) in [6, 6.07) is 15.0. The van der Waals surface area contributed by atoms with E-state index in [4.69, 9.17) is 4.74 Å². The highest BCUT2D eigenvalue weighted by molar-refractivity contribution is 7.10. The summed E-state index contributed by atoms with van der Waals surface area (Å²) in [5, 5.41) is 13.6. The number of nitrogens with zero attached hydrogens (tertiary/aromatic N) is 3. The Morgan fingerprint density at radius 3 is 2.76 bits per heavy atom. The zero-order valence-corrected chi connectivity index (χ0v) is 13.6. The van der Waals surface area contributed by atoms with E-state index in [9.17, 15) is 14.9 Å². The van der Waals surface area contributed by atoms with E-state index in [1.165, 1.54) is 18.2 Å². The van der Waals surface area contributed by atoms with Gasteiger partial charge in [0.05, 0.1) is 11.0 Å². The van der Waals surface area contributed by atoms with Crippen LogP contribution in [0.3, 0.4) is 0 Å². The molecule has 0 aliphatic heterocycles. The van der Waals surface area contributed by atoms with Crippen LogP contribution in [-0.4, -0.2) is 26.8 Å². The van der Waals surface area contributed by atoms with Crippen molar-refractivity contribution in [1.29, 1.82) is 0 Å². The molecule has 0 saturated heterocycles. The van der Waals surface area contributed by atoms with Crippen molar-refractivity contribution >= 4 is 28.3 Å². The summed E-state index contributed by atoms with van der Waals surface area (Å²) >= 11 is 1.06. The van der Waals surface area contributed by atoms with Crippen LogP contribution in [0, 0.1) is 10.1 Å². The Balaban J connectivity index is 1.57. The minimum absolute atomic E-state index is 0.102. The van der Waals surface area contributed by atoms with Gasteiger partial charge in [0.25, 0.3) is 11.6 Å². The van der Waals surface area contributed by atoms with Gasteiger partial charge in [0.1, 0.15) is 5.75 Å². The molecular weight excluding hydrogens is 344 g/mol. The standard InChI is InChI=1S/C16H12N4O4S/c21-14(10-24-13-8-4-7-12(9-13)20(22)23)17-16-18-15(19-25-16)11-5-2-1-3-6-11/h1-9H,10H2,(H,17,18,19,21). The van der Waals surface area contributed by atoms with Gasteiger partial charge in [-0.2, -0.15) is 9.36 Å². The lowest BCUT2D eigenvalue weighted by Gasteiger charge is -2.05. The molecule has 0 aliphatic carbocycles. The minimum atomic E-state index is -0.528. The number of nitro benzene ring substituents is 1. The van der Waals surface area contributed by atoms with Crippen molar-refractivity contribution in [3.8, 4) is 17.1 Å². The molecule has 9 heteroatoms. The molecule has 0 bridgehead atoms. The van der Waals surface area contributed by atoms with Gasteiger partial charge >= 0.3 is 0 Å². The number of nitrogens with one attached hydrogen (secondary N) is 1. The molecule has 0 unspecified atom stereocenters. The van der Waals surface area contributed by atoms with Gasteiger partial charge in [-0.15, -0.1) is 0 Å². The van der Waals surface area contributed by atoms with E-state index < -0.39 is 10.8 Å². The second-order valence-corrected chi connectivity index (χ2v) is 5.63. The zero-order valence-electron chi connectivity index (χ0n) is 12.8. The number of aromatic nitrogens is 2. The first-order valence-corrected chi connectivity index (χ1v) is 7.95. The number of amides is 1. The number of hydrogen-bond donors (Lipinski definition) is 1. The monoisotopic (exact) mass is 356 g/mol. The summed E-state index contributed by atoms with van der Waals surface area (Å²) in [4.78, 5) is 26.3. The maximum Gasteiger partial charge on any atom is 0.273 e. The summed E-state index contributed by atoms with van der Waals surface area (Å²) in [6.07, 6.45) is 0. The zero-order chi connectivity index (χ0) is 17.6. The van der Waals surface area contributed by atoms with E-state index in [0.717, 1.165) is 17.1 Å². The van der Waals surface area contributed by atoms with Crippen LogP contribution in [0.25, 0.3) is 11.4 Å². The molecule has 126 valence electrons. The molecule has 3 aromatic rings. The molecule has 0 saturated carbocycles. The Morgan fingerprint density at radius 2 is 2.00 bits per heavy atom. The van der Waals surface area contributed by atoms with Crippen molar-refractivity contribution in [2.24, 2.45) is 0 Å². The first-order chi connectivity index (χ1) is 12.1. The Kier molecular flexibility index (Phi) is 4.95. The number of carbonyl (C=O) groups is 1. The van der Waals surface area contributed by atoms with Crippen LogP contribution in [0.4, 0.5) is 10.8 Å². The van der Waals surface area contributed by atoms with E-state index in [2.05, 4.69) is 14.7 Å². The quantitative estimate of drug-likeness (QED) is 0.537. The third-order valence-corrected chi connectivity index (χ3v) is 3.73. The molecule has 1 heterocycles. The molecule has 0 fully saturated rings. The van der Waals surface area contributed by atoms with E-state index in [-0.39, 0.29) is 18.0 Å². The van der Waals surface area contributed by atoms with Crippen LogP contribution >= 0.6 is 11.5 Å². The summed E-state index contributed by atoms with van der Waals surface area (Å²) in [6.45, 7) is -0.290. The minimum Gasteiger partial charge on any atom is -0.484 e. The highest BCUT2D eigenvalue weighted by Crippen LogP contribution is 2.21. The third-order valence-electron chi connectivity index (χ3n) is 3.10. The second-order valence-electron chi connectivity index (χ2n) is 4.88. The number of anilines is 1. The third kappa shape index (κ3) is 4.36. The Hall–Kier alpha value is -3.33. The van der Waals surface area contributed by atoms with Crippen LogP contribution in [-0.2, 0) is 4.79 Å². The van der Waals surface area contributed by atoms with Crippen LogP contribution < -0.4 is 10.1 Å². The van der Waals surface area contributed by atoms with Gasteiger partial charge in [-0.3, -0.25) is 20.2 Å². The van der Waals surface area contributed by atoms with E-state index in [1.54, 1.807) is 6.07 Å². The maximum absolute atomic E-state index is 11.9. The molecule has 0 radical (unpaired) electrons. The molecule has 1 aromatic heterocycles. The Labute approximate surface area is 146 Å². The second kappa shape index (κ2) is 7.49. The highest BCUT2D eigenvalue weighted by atomic mass is 32.1.